The normalized spacial score (nSPS) is 20.3. The SMILES string of the molecule is O=C(C1CCC(F)(F)CC1)N(CCBr)CC(F)(F)F. The van der Waals surface area contributed by atoms with Crippen molar-refractivity contribution >= 4 is 21.8 Å². The van der Waals surface area contributed by atoms with Crippen LogP contribution in [0.1, 0.15) is 25.7 Å². The van der Waals surface area contributed by atoms with E-state index < -0.39 is 43.3 Å². The highest BCUT2D eigenvalue weighted by Gasteiger charge is 2.40. The van der Waals surface area contributed by atoms with E-state index in [-0.39, 0.29) is 24.7 Å². The fourth-order valence-electron chi connectivity index (χ4n) is 2.13. The van der Waals surface area contributed by atoms with Crippen LogP contribution in [-0.2, 0) is 4.79 Å². The zero-order chi connectivity index (χ0) is 14.7. The molecule has 0 N–H and O–H groups in total. The smallest absolute Gasteiger partial charge is 0.333 e. The lowest BCUT2D eigenvalue weighted by atomic mass is 9.86. The molecule has 0 unspecified atom stereocenters. The standard InChI is InChI=1S/C11H15BrF5NO/c12-5-6-18(7-11(15,16)17)9(19)8-1-3-10(13,14)4-2-8/h8H,1-7H2. The van der Waals surface area contributed by atoms with Gasteiger partial charge in [-0.2, -0.15) is 13.2 Å². The van der Waals surface area contributed by atoms with E-state index >= 15 is 0 Å². The summed E-state index contributed by atoms with van der Waals surface area (Å²) in [6.07, 6.45) is -5.45. The van der Waals surface area contributed by atoms with E-state index in [1.807, 2.05) is 0 Å². The molecular formula is C11H15BrF5NO. The van der Waals surface area contributed by atoms with Crippen LogP contribution in [0.4, 0.5) is 22.0 Å². The van der Waals surface area contributed by atoms with E-state index in [0.717, 1.165) is 0 Å². The van der Waals surface area contributed by atoms with E-state index in [1.54, 1.807) is 0 Å². The van der Waals surface area contributed by atoms with Crippen LogP contribution < -0.4 is 0 Å². The van der Waals surface area contributed by atoms with E-state index in [2.05, 4.69) is 15.9 Å². The molecule has 112 valence electrons. The average molecular weight is 352 g/mol. The van der Waals surface area contributed by atoms with Crippen molar-refractivity contribution in [3.05, 3.63) is 0 Å². The first-order chi connectivity index (χ1) is 8.64. The first-order valence-electron chi connectivity index (χ1n) is 5.94. The number of carbonyl (C=O) groups excluding carboxylic acids is 1. The monoisotopic (exact) mass is 351 g/mol. The second-order valence-electron chi connectivity index (χ2n) is 4.69. The summed E-state index contributed by atoms with van der Waals surface area (Å²) < 4.78 is 62.9. The van der Waals surface area contributed by atoms with Gasteiger partial charge in [0.05, 0.1) is 0 Å². The van der Waals surface area contributed by atoms with Crippen molar-refractivity contribution < 1.29 is 26.7 Å². The fourth-order valence-corrected chi connectivity index (χ4v) is 2.56. The summed E-state index contributed by atoms with van der Waals surface area (Å²) in [5.41, 5.74) is 0. The summed E-state index contributed by atoms with van der Waals surface area (Å²) in [6.45, 7) is -1.41. The molecule has 1 saturated carbocycles. The van der Waals surface area contributed by atoms with Gasteiger partial charge in [0.1, 0.15) is 6.54 Å². The number of hydrogen-bond donors (Lipinski definition) is 0. The molecule has 8 heteroatoms. The molecule has 1 aliphatic carbocycles. The van der Waals surface area contributed by atoms with E-state index in [0.29, 0.717) is 4.90 Å². The van der Waals surface area contributed by atoms with Crippen molar-refractivity contribution in [3.63, 3.8) is 0 Å². The van der Waals surface area contributed by atoms with Gasteiger partial charge in [-0.15, -0.1) is 0 Å². The number of nitrogens with zero attached hydrogens (tertiary/aromatic N) is 1. The molecule has 0 radical (unpaired) electrons. The number of rotatable bonds is 4. The Morgan fingerprint density at radius 2 is 1.79 bits per heavy atom. The highest BCUT2D eigenvalue weighted by atomic mass is 79.9. The molecule has 0 spiro atoms. The maximum atomic E-state index is 12.9. The molecular weight excluding hydrogens is 337 g/mol. The molecule has 1 fully saturated rings. The number of alkyl halides is 6. The van der Waals surface area contributed by atoms with Gasteiger partial charge in [-0.05, 0) is 12.8 Å². The summed E-state index contributed by atoms with van der Waals surface area (Å²) in [5.74, 6) is -4.19. The van der Waals surface area contributed by atoms with E-state index in [1.165, 1.54) is 0 Å². The Bertz CT molecular complexity index is 311. The third-order valence-electron chi connectivity index (χ3n) is 3.10. The molecule has 0 saturated heterocycles. The Hall–Kier alpha value is -0.400. The van der Waals surface area contributed by atoms with Gasteiger partial charge >= 0.3 is 6.18 Å². The Labute approximate surface area is 116 Å². The van der Waals surface area contributed by atoms with Crippen molar-refractivity contribution in [1.82, 2.24) is 4.90 Å². The van der Waals surface area contributed by atoms with Crippen LogP contribution in [0.3, 0.4) is 0 Å². The van der Waals surface area contributed by atoms with Crippen LogP contribution in [0.15, 0.2) is 0 Å². The largest absolute Gasteiger partial charge is 0.406 e. The van der Waals surface area contributed by atoms with Gasteiger partial charge in [0, 0.05) is 30.6 Å². The van der Waals surface area contributed by atoms with E-state index in [4.69, 9.17) is 0 Å². The highest BCUT2D eigenvalue weighted by molar-refractivity contribution is 9.09. The molecule has 0 bridgehead atoms. The Kier molecular flexibility index (Phi) is 5.58. The first kappa shape index (κ1) is 16.7. The lowest BCUT2D eigenvalue weighted by Gasteiger charge is -2.32. The van der Waals surface area contributed by atoms with Crippen LogP contribution in [0.2, 0.25) is 0 Å². The zero-order valence-corrected chi connectivity index (χ0v) is 11.7. The highest BCUT2D eigenvalue weighted by Crippen LogP contribution is 2.37. The predicted molar refractivity (Wildman–Crippen MR) is 63.3 cm³/mol. The molecule has 2 nitrogen and oxygen atoms in total. The van der Waals surface area contributed by atoms with Crippen molar-refractivity contribution in [2.45, 2.75) is 37.8 Å². The summed E-state index contributed by atoms with van der Waals surface area (Å²) in [5, 5.41) is 0.220. The lowest BCUT2D eigenvalue weighted by molar-refractivity contribution is -0.165. The third kappa shape index (κ3) is 5.62. The minimum Gasteiger partial charge on any atom is -0.333 e. The van der Waals surface area contributed by atoms with Crippen LogP contribution in [0.5, 0.6) is 0 Å². The molecule has 0 aromatic heterocycles. The van der Waals surface area contributed by atoms with Gasteiger partial charge in [-0.25, -0.2) is 8.78 Å². The molecule has 1 amide bonds. The second kappa shape index (κ2) is 6.37. The van der Waals surface area contributed by atoms with Crippen LogP contribution >= 0.6 is 15.9 Å². The molecule has 1 aliphatic rings. The van der Waals surface area contributed by atoms with Crippen LogP contribution in [0, 0.1) is 5.92 Å². The predicted octanol–water partition coefficient (Wildman–Crippen LogP) is 3.60. The van der Waals surface area contributed by atoms with Gasteiger partial charge in [-0.1, -0.05) is 15.9 Å². The number of carbonyl (C=O) groups is 1. The molecule has 0 aromatic rings. The van der Waals surface area contributed by atoms with Gasteiger partial charge < -0.3 is 4.90 Å². The van der Waals surface area contributed by atoms with Crippen LogP contribution in [-0.4, -0.2) is 41.3 Å². The van der Waals surface area contributed by atoms with Crippen molar-refractivity contribution in [2.75, 3.05) is 18.4 Å². The maximum absolute atomic E-state index is 12.9. The Balaban J connectivity index is 2.62. The Morgan fingerprint density at radius 1 is 1.26 bits per heavy atom. The maximum Gasteiger partial charge on any atom is 0.406 e. The fraction of sp³-hybridized carbons (Fsp3) is 0.909. The van der Waals surface area contributed by atoms with Gasteiger partial charge in [0.15, 0.2) is 0 Å². The number of halogens is 6. The molecule has 0 heterocycles. The molecule has 0 aromatic carbocycles. The summed E-state index contributed by atoms with van der Waals surface area (Å²) in [7, 11) is 0. The summed E-state index contributed by atoms with van der Waals surface area (Å²) >= 11 is 2.99. The quantitative estimate of drug-likeness (QED) is 0.559. The second-order valence-corrected chi connectivity index (χ2v) is 5.49. The van der Waals surface area contributed by atoms with Crippen molar-refractivity contribution in [2.24, 2.45) is 5.92 Å². The number of amides is 1. The number of hydrogen-bond acceptors (Lipinski definition) is 1. The summed E-state index contributed by atoms with van der Waals surface area (Å²) in [6, 6.07) is 0. The zero-order valence-electron chi connectivity index (χ0n) is 10.2. The van der Waals surface area contributed by atoms with E-state index in [9.17, 15) is 26.7 Å². The van der Waals surface area contributed by atoms with Crippen LogP contribution in [0.25, 0.3) is 0 Å². The van der Waals surface area contributed by atoms with Gasteiger partial charge in [0.25, 0.3) is 0 Å². The molecule has 0 atom stereocenters. The van der Waals surface area contributed by atoms with Crippen molar-refractivity contribution in [1.29, 1.82) is 0 Å². The van der Waals surface area contributed by atoms with Crippen molar-refractivity contribution in [3.8, 4) is 0 Å². The lowest BCUT2D eigenvalue weighted by Crippen LogP contribution is -2.44. The third-order valence-corrected chi connectivity index (χ3v) is 3.46. The van der Waals surface area contributed by atoms with Gasteiger partial charge in [0.2, 0.25) is 11.8 Å². The minimum atomic E-state index is -4.48. The topological polar surface area (TPSA) is 20.3 Å². The minimum absolute atomic E-state index is 0.0531. The average Bonchev–Trinajstić information content (AvgIpc) is 2.26. The molecule has 19 heavy (non-hydrogen) atoms. The molecule has 1 rings (SSSR count). The Morgan fingerprint density at radius 3 is 2.21 bits per heavy atom. The summed E-state index contributed by atoms with van der Waals surface area (Å²) in [4.78, 5) is 12.6. The molecule has 0 aliphatic heterocycles. The first-order valence-corrected chi connectivity index (χ1v) is 7.06. The van der Waals surface area contributed by atoms with Gasteiger partial charge in [-0.3, -0.25) is 4.79 Å².